The molecule has 0 radical (unpaired) electrons. The molecule has 2 aromatic rings. The Kier molecular flexibility index (Phi) is 1.87. The molecule has 0 fully saturated rings. The van der Waals surface area contributed by atoms with Crippen molar-refractivity contribution >= 4 is 33.0 Å². The number of benzene rings is 1. The minimum Gasteiger partial charge on any atom is -0.289 e. The Hall–Kier alpha value is -0.860. The van der Waals surface area contributed by atoms with E-state index in [-0.39, 0.29) is 5.43 Å². The molecule has 1 aromatic heterocycles. The van der Waals surface area contributed by atoms with Gasteiger partial charge in [0.15, 0.2) is 5.43 Å². The van der Waals surface area contributed by atoms with Gasteiger partial charge in [-0.2, -0.15) is 0 Å². The molecule has 1 heterocycles. The average molecular weight is 197 g/mol. The summed E-state index contributed by atoms with van der Waals surface area (Å²) in [6.45, 7) is 0. The van der Waals surface area contributed by atoms with E-state index >= 15 is 0 Å². The second kappa shape index (κ2) is 2.88. The summed E-state index contributed by atoms with van der Waals surface area (Å²) >= 11 is 7.39. The highest BCUT2D eigenvalue weighted by Crippen LogP contribution is 2.23. The molecule has 0 N–H and O–H groups in total. The van der Waals surface area contributed by atoms with Gasteiger partial charge in [-0.05, 0) is 23.6 Å². The molecule has 3 heteroatoms. The zero-order valence-corrected chi connectivity index (χ0v) is 7.65. The van der Waals surface area contributed by atoms with Crippen LogP contribution in [0, 0.1) is 0 Å². The highest BCUT2D eigenvalue weighted by atomic mass is 35.5. The molecule has 1 nitrogen and oxygen atoms in total. The van der Waals surface area contributed by atoms with Gasteiger partial charge < -0.3 is 0 Å². The fourth-order valence-electron chi connectivity index (χ4n) is 1.08. The van der Waals surface area contributed by atoms with Gasteiger partial charge in [0, 0.05) is 5.39 Å². The SMILES string of the molecule is O=c1ccsc2c(Cl)cccc12. The molecule has 60 valence electrons. The molecule has 12 heavy (non-hydrogen) atoms. The molecule has 0 saturated carbocycles. The molecular formula is C9H5ClOS. The zero-order valence-electron chi connectivity index (χ0n) is 6.08. The van der Waals surface area contributed by atoms with E-state index in [4.69, 9.17) is 11.6 Å². The summed E-state index contributed by atoms with van der Waals surface area (Å²) in [6.07, 6.45) is 0. The summed E-state index contributed by atoms with van der Waals surface area (Å²) in [5.41, 5.74) is 0.0336. The van der Waals surface area contributed by atoms with E-state index in [2.05, 4.69) is 0 Å². The van der Waals surface area contributed by atoms with Crippen molar-refractivity contribution in [2.75, 3.05) is 0 Å². The van der Waals surface area contributed by atoms with E-state index in [0.717, 1.165) is 4.70 Å². The summed E-state index contributed by atoms with van der Waals surface area (Å²) in [5.74, 6) is 0. The molecule has 2 rings (SSSR count). The van der Waals surface area contributed by atoms with Crippen molar-refractivity contribution in [1.29, 1.82) is 0 Å². The molecule has 1 aromatic carbocycles. The van der Waals surface area contributed by atoms with Crippen molar-refractivity contribution in [3.63, 3.8) is 0 Å². The number of hydrogen-bond donors (Lipinski definition) is 0. The third-order valence-corrected chi connectivity index (χ3v) is 3.01. The minimum absolute atomic E-state index is 0.0336. The first kappa shape index (κ1) is 7.77. The van der Waals surface area contributed by atoms with Gasteiger partial charge in [-0.3, -0.25) is 4.79 Å². The second-order valence-corrected chi connectivity index (χ2v) is 3.72. The molecular weight excluding hydrogens is 192 g/mol. The van der Waals surface area contributed by atoms with Gasteiger partial charge in [0.05, 0.1) is 9.72 Å². The van der Waals surface area contributed by atoms with Crippen LogP contribution in [0.2, 0.25) is 5.02 Å². The summed E-state index contributed by atoms with van der Waals surface area (Å²) in [5, 5.41) is 3.11. The maximum Gasteiger partial charge on any atom is 0.188 e. The molecule has 0 spiro atoms. The lowest BCUT2D eigenvalue weighted by atomic mass is 10.2. The summed E-state index contributed by atoms with van der Waals surface area (Å²) < 4.78 is 0.867. The maximum absolute atomic E-state index is 11.3. The van der Waals surface area contributed by atoms with Gasteiger partial charge in [0.25, 0.3) is 0 Å². The monoisotopic (exact) mass is 196 g/mol. The van der Waals surface area contributed by atoms with E-state index in [9.17, 15) is 4.79 Å². The fourth-order valence-corrected chi connectivity index (χ4v) is 2.19. The summed E-state index contributed by atoms with van der Waals surface area (Å²) in [4.78, 5) is 11.3. The zero-order chi connectivity index (χ0) is 8.55. The molecule has 0 aliphatic rings. The van der Waals surface area contributed by atoms with Crippen molar-refractivity contribution in [1.82, 2.24) is 0 Å². The highest BCUT2D eigenvalue weighted by molar-refractivity contribution is 7.17. The topological polar surface area (TPSA) is 17.1 Å². The summed E-state index contributed by atoms with van der Waals surface area (Å²) in [7, 11) is 0. The predicted octanol–water partition coefficient (Wildman–Crippen LogP) is 2.91. The van der Waals surface area contributed by atoms with E-state index in [1.165, 1.54) is 11.3 Å². The van der Waals surface area contributed by atoms with Crippen molar-refractivity contribution in [2.24, 2.45) is 0 Å². The quantitative estimate of drug-likeness (QED) is 0.633. The first-order valence-corrected chi connectivity index (χ1v) is 4.71. The number of hydrogen-bond acceptors (Lipinski definition) is 2. The van der Waals surface area contributed by atoms with Gasteiger partial charge in [0.2, 0.25) is 0 Å². The lowest BCUT2D eigenvalue weighted by molar-refractivity contribution is 1.72. The first-order valence-electron chi connectivity index (χ1n) is 3.45. The third-order valence-electron chi connectivity index (χ3n) is 1.64. The van der Waals surface area contributed by atoms with Crippen LogP contribution in [0.1, 0.15) is 0 Å². The third kappa shape index (κ3) is 1.13. The number of fused-ring (bicyclic) bond motifs is 1. The van der Waals surface area contributed by atoms with Crippen LogP contribution in [0.25, 0.3) is 10.1 Å². The summed E-state index contributed by atoms with van der Waals surface area (Å²) in [6, 6.07) is 6.93. The maximum atomic E-state index is 11.3. The standard InChI is InChI=1S/C9H5ClOS/c10-7-3-1-2-6-8(11)4-5-12-9(6)7/h1-5H. The molecule has 0 aliphatic heterocycles. The van der Waals surface area contributed by atoms with Gasteiger partial charge in [-0.1, -0.05) is 17.7 Å². The Morgan fingerprint density at radius 3 is 2.83 bits per heavy atom. The predicted molar refractivity (Wildman–Crippen MR) is 53.1 cm³/mol. The second-order valence-electron chi connectivity index (χ2n) is 2.40. The van der Waals surface area contributed by atoms with Crippen LogP contribution in [0.15, 0.2) is 34.4 Å². The van der Waals surface area contributed by atoms with Crippen molar-refractivity contribution < 1.29 is 0 Å². The molecule has 0 atom stereocenters. The van der Waals surface area contributed by atoms with E-state index < -0.39 is 0 Å². The normalized spacial score (nSPS) is 10.4. The Bertz CT molecular complexity index is 475. The Labute approximate surface area is 78.2 Å². The lowest BCUT2D eigenvalue weighted by Crippen LogP contribution is -1.95. The van der Waals surface area contributed by atoms with Gasteiger partial charge in [-0.25, -0.2) is 0 Å². The minimum atomic E-state index is 0.0336. The molecule has 0 aliphatic carbocycles. The first-order chi connectivity index (χ1) is 5.79. The van der Waals surface area contributed by atoms with E-state index in [1.54, 1.807) is 29.6 Å². The fraction of sp³-hybridized carbons (Fsp3) is 0. The molecule has 0 saturated heterocycles. The Balaban J connectivity index is 3.05. The number of rotatable bonds is 0. The van der Waals surface area contributed by atoms with Crippen LogP contribution in [-0.4, -0.2) is 0 Å². The van der Waals surface area contributed by atoms with Gasteiger partial charge in [-0.15, -0.1) is 11.3 Å². The average Bonchev–Trinajstić information content (AvgIpc) is 2.07. The van der Waals surface area contributed by atoms with Crippen molar-refractivity contribution in [3.05, 3.63) is 44.9 Å². The van der Waals surface area contributed by atoms with Gasteiger partial charge in [0.1, 0.15) is 0 Å². The van der Waals surface area contributed by atoms with Crippen LogP contribution in [0.4, 0.5) is 0 Å². The van der Waals surface area contributed by atoms with E-state index in [0.29, 0.717) is 10.4 Å². The van der Waals surface area contributed by atoms with Crippen molar-refractivity contribution in [2.45, 2.75) is 0 Å². The van der Waals surface area contributed by atoms with Crippen LogP contribution in [-0.2, 0) is 0 Å². The van der Waals surface area contributed by atoms with E-state index in [1.807, 2.05) is 0 Å². The van der Waals surface area contributed by atoms with Crippen molar-refractivity contribution in [3.8, 4) is 0 Å². The largest absolute Gasteiger partial charge is 0.289 e. The smallest absolute Gasteiger partial charge is 0.188 e. The Morgan fingerprint density at radius 1 is 1.25 bits per heavy atom. The molecule has 0 unspecified atom stereocenters. The van der Waals surface area contributed by atoms with Crippen LogP contribution < -0.4 is 5.43 Å². The Morgan fingerprint density at radius 2 is 2.08 bits per heavy atom. The molecule has 0 bridgehead atoms. The van der Waals surface area contributed by atoms with Crippen LogP contribution in [0.5, 0.6) is 0 Å². The van der Waals surface area contributed by atoms with Crippen LogP contribution >= 0.6 is 22.9 Å². The molecule has 0 amide bonds. The number of halogens is 1. The highest BCUT2D eigenvalue weighted by Gasteiger charge is 2.00. The lowest BCUT2D eigenvalue weighted by Gasteiger charge is -1.95. The van der Waals surface area contributed by atoms with Crippen LogP contribution in [0.3, 0.4) is 0 Å². The van der Waals surface area contributed by atoms with Gasteiger partial charge >= 0.3 is 0 Å².